The molecule has 0 aromatic heterocycles. The number of benzene rings is 3. The van der Waals surface area contributed by atoms with E-state index in [-0.39, 0.29) is 12.3 Å². The Morgan fingerprint density at radius 2 is 1.71 bits per heavy atom. The summed E-state index contributed by atoms with van der Waals surface area (Å²) >= 11 is 0. The van der Waals surface area contributed by atoms with Crippen LogP contribution >= 0.6 is 0 Å². The van der Waals surface area contributed by atoms with Gasteiger partial charge in [-0.1, -0.05) is 30.3 Å². The first-order valence-electron chi connectivity index (χ1n) is 10.8. The van der Waals surface area contributed by atoms with Gasteiger partial charge in [-0.05, 0) is 48.4 Å². The van der Waals surface area contributed by atoms with Crippen LogP contribution in [0.15, 0.2) is 78.2 Å². The third-order valence-electron chi connectivity index (χ3n) is 5.45. The monoisotopic (exact) mass is 456 g/mol. The fourth-order valence-electron chi connectivity index (χ4n) is 3.84. The molecule has 1 aliphatic heterocycles. The van der Waals surface area contributed by atoms with E-state index in [4.69, 9.17) is 24.7 Å². The molecule has 34 heavy (non-hydrogen) atoms. The van der Waals surface area contributed by atoms with Crippen LogP contribution in [0.2, 0.25) is 0 Å². The number of fused-ring (bicyclic) bond motifs is 1. The van der Waals surface area contributed by atoms with Gasteiger partial charge >= 0.3 is 5.97 Å². The molecular formula is C27H24N2O5. The zero-order valence-corrected chi connectivity index (χ0v) is 18.9. The molecule has 0 saturated heterocycles. The van der Waals surface area contributed by atoms with Gasteiger partial charge in [0.15, 0.2) is 0 Å². The van der Waals surface area contributed by atoms with Gasteiger partial charge in [0.25, 0.3) is 0 Å². The van der Waals surface area contributed by atoms with Crippen LogP contribution in [0.5, 0.6) is 23.0 Å². The summed E-state index contributed by atoms with van der Waals surface area (Å²) in [5.41, 5.74) is 8.83. The van der Waals surface area contributed by atoms with Crippen molar-refractivity contribution in [1.29, 1.82) is 5.26 Å². The van der Waals surface area contributed by atoms with Crippen molar-refractivity contribution in [2.45, 2.75) is 19.3 Å². The number of ether oxygens (including phenoxy) is 4. The predicted octanol–water partition coefficient (Wildman–Crippen LogP) is 4.46. The average molecular weight is 456 g/mol. The number of methoxy groups -OCH3 is 1. The number of allylic oxidation sites excluding steroid dienone is 1. The largest absolute Gasteiger partial charge is 0.497 e. The Hall–Kier alpha value is -4.44. The second-order valence-electron chi connectivity index (χ2n) is 7.63. The van der Waals surface area contributed by atoms with E-state index in [9.17, 15) is 10.1 Å². The molecule has 1 heterocycles. The lowest BCUT2D eigenvalue weighted by molar-refractivity contribution is -0.133. The van der Waals surface area contributed by atoms with Crippen LogP contribution in [0, 0.1) is 11.3 Å². The molecule has 1 aliphatic rings. The second kappa shape index (κ2) is 10.0. The van der Waals surface area contributed by atoms with Gasteiger partial charge in [0.1, 0.15) is 34.6 Å². The van der Waals surface area contributed by atoms with E-state index in [2.05, 4.69) is 6.07 Å². The topological polar surface area (TPSA) is 104 Å². The average Bonchev–Trinajstić information content (AvgIpc) is 2.84. The molecule has 1 atom stereocenters. The highest BCUT2D eigenvalue weighted by Crippen LogP contribution is 2.43. The molecule has 1 unspecified atom stereocenters. The van der Waals surface area contributed by atoms with Crippen LogP contribution in [-0.4, -0.2) is 19.7 Å². The summed E-state index contributed by atoms with van der Waals surface area (Å²) in [6.45, 7) is 2.48. The van der Waals surface area contributed by atoms with Crippen molar-refractivity contribution in [1.82, 2.24) is 0 Å². The van der Waals surface area contributed by atoms with Gasteiger partial charge in [-0.15, -0.1) is 0 Å². The van der Waals surface area contributed by atoms with Crippen LogP contribution in [0.1, 0.15) is 29.5 Å². The molecular weight excluding hydrogens is 432 g/mol. The third kappa shape index (κ3) is 4.81. The van der Waals surface area contributed by atoms with E-state index >= 15 is 0 Å². The van der Waals surface area contributed by atoms with Crippen LogP contribution in [-0.2, 0) is 11.2 Å². The fraction of sp³-hybridized carbons (Fsp3) is 0.185. The molecule has 172 valence electrons. The molecule has 0 fully saturated rings. The van der Waals surface area contributed by atoms with Gasteiger partial charge in [0.05, 0.1) is 26.1 Å². The number of hydrogen-bond acceptors (Lipinski definition) is 7. The Labute approximate surface area is 197 Å². The first-order valence-corrected chi connectivity index (χ1v) is 10.8. The molecule has 0 radical (unpaired) electrons. The van der Waals surface area contributed by atoms with Crippen LogP contribution in [0.3, 0.4) is 0 Å². The van der Waals surface area contributed by atoms with Crippen molar-refractivity contribution in [3.05, 3.63) is 94.9 Å². The number of nitrogens with zero attached hydrogens (tertiary/aromatic N) is 1. The summed E-state index contributed by atoms with van der Waals surface area (Å²) in [4.78, 5) is 12.5. The molecule has 7 nitrogen and oxygen atoms in total. The summed E-state index contributed by atoms with van der Waals surface area (Å²) in [5, 5.41) is 9.73. The first kappa shape index (κ1) is 22.7. The Morgan fingerprint density at radius 3 is 2.35 bits per heavy atom. The SMILES string of the molecule is CCOc1ccc(C2C(C#N)=C(N)Oc3cc(OC(=O)Cc4ccc(OC)cc4)ccc32)cc1. The molecule has 3 aromatic carbocycles. The van der Waals surface area contributed by atoms with Crippen molar-refractivity contribution in [2.75, 3.05) is 13.7 Å². The molecule has 3 aromatic rings. The van der Waals surface area contributed by atoms with Gasteiger partial charge in [0.2, 0.25) is 5.88 Å². The lowest BCUT2D eigenvalue weighted by atomic mass is 9.83. The molecule has 2 N–H and O–H groups in total. The van der Waals surface area contributed by atoms with E-state index in [1.165, 1.54) is 0 Å². The van der Waals surface area contributed by atoms with Crippen LogP contribution in [0.4, 0.5) is 0 Å². The predicted molar refractivity (Wildman–Crippen MR) is 126 cm³/mol. The van der Waals surface area contributed by atoms with Crippen molar-refractivity contribution in [3.63, 3.8) is 0 Å². The third-order valence-corrected chi connectivity index (χ3v) is 5.45. The lowest BCUT2D eigenvalue weighted by Gasteiger charge is -2.26. The molecule has 7 heteroatoms. The maximum absolute atomic E-state index is 12.5. The Kier molecular flexibility index (Phi) is 6.69. The van der Waals surface area contributed by atoms with E-state index in [0.29, 0.717) is 29.4 Å². The first-order chi connectivity index (χ1) is 16.5. The Morgan fingerprint density at radius 1 is 1.03 bits per heavy atom. The van der Waals surface area contributed by atoms with Gasteiger partial charge in [0, 0.05) is 11.6 Å². The van der Waals surface area contributed by atoms with Gasteiger partial charge < -0.3 is 24.7 Å². The molecule has 0 spiro atoms. The number of nitrogens with two attached hydrogens (primary N) is 1. The highest BCUT2D eigenvalue weighted by atomic mass is 16.5. The summed E-state index contributed by atoms with van der Waals surface area (Å²) in [6.07, 6.45) is 0.108. The number of carbonyl (C=O) groups excluding carboxylic acids is 1. The van der Waals surface area contributed by atoms with E-state index < -0.39 is 11.9 Å². The zero-order chi connectivity index (χ0) is 24.1. The van der Waals surface area contributed by atoms with Gasteiger partial charge in [-0.3, -0.25) is 4.79 Å². The summed E-state index contributed by atoms with van der Waals surface area (Å²) < 4.78 is 21.9. The maximum atomic E-state index is 12.5. The highest BCUT2D eigenvalue weighted by Gasteiger charge is 2.31. The number of nitriles is 1. The molecule has 0 amide bonds. The van der Waals surface area contributed by atoms with Crippen molar-refractivity contribution >= 4 is 5.97 Å². The van der Waals surface area contributed by atoms with Crippen molar-refractivity contribution in [2.24, 2.45) is 5.73 Å². The number of carbonyl (C=O) groups is 1. The minimum absolute atomic E-state index is 0.0237. The number of esters is 1. The summed E-state index contributed by atoms with van der Waals surface area (Å²) in [5.74, 6) is 1.43. The second-order valence-corrected chi connectivity index (χ2v) is 7.63. The van der Waals surface area contributed by atoms with E-state index in [1.807, 2.05) is 43.3 Å². The molecule has 4 rings (SSSR count). The minimum atomic E-state index is -0.412. The standard InChI is InChI=1S/C27H24N2O5/c1-3-32-20-10-6-18(7-11-20)26-22-13-12-21(15-24(22)34-27(29)23(26)16-28)33-25(30)14-17-4-8-19(31-2)9-5-17/h4-13,15,26H,3,14,29H2,1-2H3. The zero-order valence-electron chi connectivity index (χ0n) is 18.9. The van der Waals surface area contributed by atoms with E-state index in [1.54, 1.807) is 37.4 Å². The minimum Gasteiger partial charge on any atom is -0.497 e. The normalized spacial score (nSPS) is 14.4. The van der Waals surface area contributed by atoms with Gasteiger partial charge in [-0.2, -0.15) is 5.26 Å². The van der Waals surface area contributed by atoms with Crippen LogP contribution < -0.4 is 24.7 Å². The van der Waals surface area contributed by atoms with Crippen molar-refractivity contribution < 1.29 is 23.7 Å². The van der Waals surface area contributed by atoms with Crippen LogP contribution in [0.25, 0.3) is 0 Å². The molecule has 0 aliphatic carbocycles. The molecule has 0 bridgehead atoms. The van der Waals surface area contributed by atoms with E-state index in [0.717, 1.165) is 22.4 Å². The number of rotatable bonds is 7. The van der Waals surface area contributed by atoms with Crippen molar-refractivity contribution in [3.8, 4) is 29.1 Å². The molecule has 0 saturated carbocycles. The fourth-order valence-corrected chi connectivity index (χ4v) is 3.84. The lowest BCUT2D eigenvalue weighted by Crippen LogP contribution is -2.21. The quantitative estimate of drug-likeness (QED) is 0.413. The maximum Gasteiger partial charge on any atom is 0.315 e. The Bertz CT molecular complexity index is 1260. The van der Waals surface area contributed by atoms with Gasteiger partial charge in [-0.25, -0.2) is 0 Å². The highest BCUT2D eigenvalue weighted by molar-refractivity contribution is 5.75. The summed E-state index contributed by atoms with van der Waals surface area (Å²) in [7, 11) is 1.59. The summed E-state index contributed by atoms with van der Waals surface area (Å²) in [6, 6.07) is 22.0. The Balaban J connectivity index is 1.56. The number of hydrogen-bond donors (Lipinski definition) is 1. The smallest absolute Gasteiger partial charge is 0.315 e.